The normalized spacial score (nSPS) is 9.65. The molecule has 1 aromatic carbocycles. The average molecular weight is 228 g/mol. The van der Waals surface area contributed by atoms with E-state index in [0.717, 1.165) is 5.56 Å². The number of para-hydroxylation sites is 1. The molecule has 0 saturated carbocycles. The Balaban J connectivity index is 1.83. The van der Waals surface area contributed by atoms with E-state index in [4.69, 9.17) is 4.74 Å². The largest absolute Gasteiger partial charge is 0.412 e. The van der Waals surface area contributed by atoms with Gasteiger partial charge in [-0.15, -0.1) is 0 Å². The number of aromatic nitrogens is 1. The van der Waals surface area contributed by atoms with Crippen molar-refractivity contribution in [1.29, 1.82) is 0 Å². The molecular formula is C13H12N2O2. The molecule has 0 radical (unpaired) electrons. The first-order valence-electron chi connectivity index (χ1n) is 5.24. The maximum atomic E-state index is 11.4. The predicted molar refractivity (Wildman–Crippen MR) is 63.5 cm³/mol. The lowest BCUT2D eigenvalue weighted by atomic mass is 10.3. The van der Waals surface area contributed by atoms with Crippen LogP contribution in [-0.4, -0.2) is 11.1 Å². The second-order valence-corrected chi connectivity index (χ2v) is 3.42. The average Bonchev–Trinajstić information content (AvgIpc) is 2.39. The Morgan fingerprint density at radius 1 is 1.18 bits per heavy atom. The van der Waals surface area contributed by atoms with E-state index in [2.05, 4.69) is 10.3 Å². The van der Waals surface area contributed by atoms with Crippen molar-refractivity contribution in [2.45, 2.75) is 6.54 Å². The van der Waals surface area contributed by atoms with Gasteiger partial charge in [0.1, 0.15) is 5.75 Å². The van der Waals surface area contributed by atoms with Gasteiger partial charge < -0.3 is 10.1 Å². The summed E-state index contributed by atoms with van der Waals surface area (Å²) in [5, 5.41) is 2.65. The lowest BCUT2D eigenvalue weighted by Crippen LogP contribution is -2.26. The van der Waals surface area contributed by atoms with E-state index in [1.54, 1.807) is 24.5 Å². The Labute approximate surface area is 99.3 Å². The summed E-state index contributed by atoms with van der Waals surface area (Å²) in [6.07, 6.45) is 2.91. The molecule has 0 bridgehead atoms. The summed E-state index contributed by atoms with van der Waals surface area (Å²) in [5.41, 5.74) is 0.928. The van der Waals surface area contributed by atoms with Gasteiger partial charge in [-0.1, -0.05) is 24.3 Å². The van der Waals surface area contributed by atoms with E-state index in [-0.39, 0.29) is 0 Å². The maximum absolute atomic E-state index is 11.4. The van der Waals surface area contributed by atoms with Crippen LogP contribution in [0.25, 0.3) is 0 Å². The number of hydrogen-bond donors (Lipinski definition) is 1. The molecule has 4 heteroatoms. The molecule has 2 rings (SSSR count). The molecular weight excluding hydrogens is 216 g/mol. The molecule has 0 atom stereocenters. The summed E-state index contributed by atoms with van der Waals surface area (Å²) in [6, 6.07) is 12.6. The molecule has 0 aliphatic rings. The summed E-state index contributed by atoms with van der Waals surface area (Å²) in [5.74, 6) is 0.524. The number of rotatable bonds is 3. The molecule has 0 fully saturated rings. The van der Waals surface area contributed by atoms with Gasteiger partial charge in [0.25, 0.3) is 0 Å². The van der Waals surface area contributed by atoms with E-state index in [1.807, 2.05) is 30.3 Å². The summed E-state index contributed by atoms with van der Waals surface area (Å²) >= 11 is 0. The number of benzene rings is 1. The first kappa shape index (κ1) is 11.1. The van der Waals surface area contributed by atoms with Gasteiger partial charge in [0, 0.05) is 18.9 Å². The van der Waals surface area contributed by atoms with Gasteiger partial charge in [0.05, 0.1) is 0 Å². The van der Waals surface area contributed by atoms with Gasteiger partial charge >= 0.3 is 6.09 Å². The van der Waals surface area contributed by atoms with Crippen LogP contribution in [0.15, 0.2) is 54.9 Å². The highest BCUT2D eigenvalue weighted by Gasteiger charge is 2.02. The van der Waals surface area contributed by atoms with Crippen LogP contribution in [0.4, 0.5) is 4.79 Å². The zero-order chi connectivity index (χ0) is 11.9. The molecule has 4 nitrogen and oxygen atoms in total. The topological polar surface area (TPSA) is 51.2 Å². The van der Waals surface area contributed by atoms with Gasteiger partial charge in [-0.3, -0.25) is 4.98 Å². The first-order chi connectivity index (χ1) is 8.34. The smallest absolute Gasteiger partial charge is 0.410 e. The zero-order valence-electron chi connectivity index (χ0n) is 9.17. The van der Waals surface area contributed by atoms with Crippen LogP contribution in [0, 0.1) is 0 Å². The lowest BCUT2D eigenvalue weighted by Gasteiger charge is -2.05. The molecule has 1 N–H and O–H groups in total. The monoisotopic (exact) mass is 228 g/mol. The van der Waals surface area contributed by atoms with Crippen LogP contribution in [0.5, 0.6) is 5.75 Å². The van der Waals surface area contributed by atoms with Gasteiger partial charge in [-0.05, 0) is 23.8 Å². The third kappa shape index (κ3) is 3.61. The second kappa shape index (κ2) is 5.65. The fourth-order valence-electron chi connectivity index (χ4n) is 1.31. The van der Waals surface area contributed by atoms with Crippen LogP contribution in [0.3, 0.4) is 0 Å². The SMILES string of the molecule is O=C(NCc1cccnc1)Oc1ccccc1. The van der Waals surface area contributed by atoms with Crippen molar-refractivity contribution in [3.8, 4) is 5.75 Å². The fourth-order valence-corrected chi connectivity index (χ4v) is 1.31. The number of nitrogens with one attached hydrogen (secondary N) is 1. The number of pyridine rings is 1. The van der Waals surface area contributed by atoms with Gasteiger partial charge in [0.2, 0.25) is 0 Å². The number of carbonyl (C=O) groups excluding carboxylic acids is 1. The van der Waals surface area contributed by atoms with E-state index in [0.29, 0.717) is 12.3 Å². The number of amides is 1. The van der Waals surface area contributed by atoms with Crippen molar-refractivity contribution in [3.63, 3.8) is 0 Å². The number of ether oxygens (including phenoxy) is 1. The van der Waals surface area contributed by atoms with E-state index in [9.17, 15) is 4.79 Å². The molecule has 0 unspecified atom stereocenters. The van der Waals surface area contributed by atoms with Crippen molar-refractivity contribution >= 4 is 6.09 Å². The predicted octanol–water partition coefficient (Wildman–Crippen LogP) is 2.37. The number of nitrogens with zero attached hydrogens (tertiary/aromatic N) is 1. The minimum atomic E-state index is -0.472. The van der Waals surface area contributed by atoms with E-state index < -0.39 is 6.09 Å². The third-order valence-corrected chi connectivity index (χ3v) is 2.11. The van der Waals surface area contributed by atoms with Crippen LogP contribution < -0.4 is 10.1 Å². The third-order valence-electron chi connectivity index (χ3n) is 2.11. The quantitative estimate of drug-likeness (QED) is 0.877. The van der Waals surface area contributed by atoms with Crippen molar-refractivity contribution < 1.29 is 9.53 Å². The fraction of sp³-hybridized carbons (Fsp3) is 0.0769. The summed E-state index contributed by atoms with van der Waals surface area (Å²) in [7, 11) is 0. The molecule has 0 spiro atoms. The highest BCUT2D eigenvalue weighted by molar-refractivity contribution is 5.70. The van der Waals surface area contributed by atoms with Gasteiger partial charge in [-0.25, -0.2) is 4.79 Å². The summed E-state index contributed by atoms with van der Waals surface area (Å²) < 4.78 is 5.07. The second-order valence-electron chi connectivity index (χ2n) is 3.42. The minimum Gasteiger partial charge on any atom is -0.410 e. The van der Waals surface area contributed by atoms with Crippen LogP contribution in [0.1, 0.15) is 5.56 Å². The number of hydrogen-bond acceptors (Lipinski definition) is 3. The Morgan fingerprint density at radius 3 is 2.71 bits per heavy atom. The van der Waals surface area contributed by atoms with Crippen LogP contribution >= 0.6 is 0 Å². The summed E-state index contributed by atoms with van der Waals surface area (Å²) in [4.78, 5) is 15.4. The Bertz CT molecular complexity index is 471. The van der Waals surface area contributed by atoms with Gasteiger partial charge in [-0.2, -0.15) is 0 Å². The maximum Gasteiger partial charge on any atom is 0.412 e. The molecule has 1 aromatic heterocycles. The van der Waals surface area contributed by atoms with Crippen LogP contribution in [-0.2, 0) is 6.54 Å². The minimum absolute atomic E-state index is 0.402. The number of carbonyl (C=O) groups is 1. The molecule has 1 amide bonds. The zero-order valence-corrected chi connectivity index (χ0v) is 9.17. The van der Waals surface area contributed by atoms with Crippen molar-refractivity contribution in [3.05, 3.63) is 60.4 Å². The highest BCUT2D eigenvalue weighted by atomic mass is 16.5. The molecule has 1 heterocycles. The van der Waals surface area contributed by atoms with E-state index in [1.165, 1.54) is 0 Å². The highest BCUT2D eigenvalue weighted by Crippen LogP contribution is 2.08. The lowest BCUT2D eigenvalue weighted by molar-refractivity contribution is 0.200. The molecule has 0 aliphatic carbocycles. The molecule has 0 saturated heterocycles. The Hall–Kier alpha value is -2.36. The summed E-state index contributed by atoms with van der Waals surface area (Å²) in [6.45, 7) is 0.402. The molecule has 17 heavy (non-hydrogen) atoms. The Morgan fingerprint density at radius 2 is 2.00 bits per heavy atom. The molecule has 0 aliphatic heterocycles. The first-order valence-corrected chi connectivity index (χ1v) is 5.24. The van der Waals surface area contributed by atoms with E-state index >= 15 is 0 Å². The van der Waals surface area contributed by atoms with Crippen molar-refractivity contribution in [2.24, 2.45) is 0 Å². The van der Waals surface area contributed by atoms with Gasteiger partial charge in [0.15, 0.2) is 0 Å². The van der Waals surface area contributed by atoms with Crippen LogP contribution in [0.2, 0.25) is 0 Å². The molecule has 2 aromatic rings. The van der Waals surface area contributed by atoms with Crippen molar-refractivity contribution in [1.82, 2.24) is 10.3 Å². The Kier molecular flexibility index (Phi) is 3.70. The molecule has 86 valence electrons. The van der Waals surface area contributed by atoms with Crippen molar-refractivity contribution in [2.75, 3.05) is 0 Å². The standard InChI is InChI=1S/C13H12N2O2/c16-13(17-12-6-2-1-3-7-12)15-10-11-5-4-8-14-9-11/h1-9H,10H2,(H,15,16).